The number of ether oxygens (including phenoxy) is 1. The van der Waals surface area contributed by atoms with Crippen molar-refractivity contribution in [1.29, 1.82) is 0 Å². The van der Waals surface area contributed by atoms with Crippen LogP contribution in [0.3, 0.4) is 0 Å². The maximum atomic E-state index is 12.4. The molecule has 90 valence electrons. The van der Waals surface area contributed by atoms with Crippen molar-refractivity contribution in [3.8, 4) is 5.75 Å². The number of likely N-dealkylation sites (tertiary alicyclic amines) is 1. The Balaban J connectivity index is 1.80. The standard InChI is InChI=1S/C13H14BrNO2/c14-9-5-6-15(7-9)13(16)11-8-17-12-4-2-1-3-10(11)12/h1-4,9,11H,5-8H2. The molecule has 1 fully saturated rings. The molecule has 0 aromatic heterocycles. The predicted molar refractivity (Wildman–Crippen MR) is 68.6 cm³/mol. The molecule has 17 heavy (non-hydrogen) atoms. The number of nitrogens with zero attached hydrogens (tertiary/aromatic N) is 1. The number of amides is 1. The minimum atomic E-state index is -0.107. The molecule has 4 heteroatoms. The highest BCUT2D eigenvalue weighted by atomic mass is 79.9. The van der Waals surface area contributed by atoms with Crippen molar-refractivity contribution < 1.29 is 9.53 Å². The highest BCUT2D eigenvalue weighted by Crippen LogP contribution is 2.35. The fourth-order valence-corrected chi connectivity index (χ4v) is 3.06. The van der Waals surface area contributed by atoms with E-state index in [0.717, 1.165) is 30.8 Å². The largest absolute Gasteiger partial charge is 0.492 e. The highest BCUT2D eigenvalue weighted by molar-refractivity contribution is 9.09. The smallest absolute Gasteiger partial charge is 0.233 e. The van der Waals surface area contributed by atoms with Gasteiger partial charge in [0.1, 0.15) is 18.3 Å². The first kappa shape index (κ1) is 11.1. The maximum Gasteiger partial charge on any atom is 0.233 e. The lowest BCUT2D eigenvalue weighted by Crippen LogP contribution is -2.34. The minimum absolute atomic E-state index is 0.107. The lowest BCUT2D eigenvalue weighted by atomic mass is 10.00. The van der Waals surface area contributed by atoms with Crippen LogP contribution in [0.15, 0.2) is 24.3 Å². The number of benzene rings is 1. The summed E-state index contributed by atoms with van der Waals surface area (Å²) in [5.41, 5.74) is 1.04. The van der Waals surface area contributed by atoms with Crippen molar-refractivity contribution in [1.82, 2.24) is 4.90 Å². The van der Waals surface area contributed by atoms with E-state index in [1.807, 2.05) is 29.2 Å². The number of para-hydroxylation sites is 1. The zero-order valence-corrected chi connectivity index (χ0v) is 11.0. The van der Waals surface area contributed by atoms with Crippen LogP contribution in [-0.4, -0.2) is 35.3 Å². The molecule has 2 aliphatic heterocycles. The van der Waals surface area contributed by atoms with E-state index >= 15 is 0 Å². The van der Waals surface area contributed by atoms with Crippen molar-refractivity contribution in [2.75, 3.05) is 19.7 Å². The molecule has 2 aliphatic rings. The minimum Gasteiger partial charge on any atom is -0.492 e. The Labute approximate surface area is 109 Å². The van der Waals surface area contributed by atoms with Gasteiger partial charge in [-0.15, -0.1) is 0 Å². The summed E-state index contributed by atoms with van der Waals surface area (Å²) in [6.45, 7) is 2.16. The highest BCUT2D eigenvalue weighted by Gasteiger charge is 2.35. The van der Waals surface area contributed by atoms with E-state index in [9.17, 15) is 4.79 Å². The first-order valence-corrected chi connectivity index (χ1v) is 6.82. The Morgan fingerprint density at radius 3 is 3.00 bits per heavy atom. The second kappa shape index (κ2) is 4.33. The summed E-state index contributed by atoms with van der Waals surface area (Å²) in [5, 5.41) is 0. The van der Waals surface area contributed by atoms with Crippen LogP contribution in [0.1, 0.15) is 17.9 Å². The van der Waals surface area contributed by atoms with Gasteiger partial charge in [0.05, 0.1) is 0 Å². The average molecular weight is 296 g/mol. The number of alkyl halides is 1. The molecule has 0 spiro atoms. The topological polar surface area (TPSA) is 29.5 Å². The molecule has 0 aliphatic carbocycles. The van der Waals surface area contributed by atoms with E-state index in [4.69, 9.17) is 4.74 Å². The number of carbonyl (C=O) groups is 1. The number of halogens is 1. The van der Waals surface area contributed by atoms with Gasteiger partial charge in [-0.25, -0.2) is 0 Å². The van der Waals surface area contributed by atoms with Gasteiger partial charge in [0.25, 0.3) is 0 Å². The first-order chi connectivity index (χ1) is 8.25. The van der Waals surface area contributed by atoms with E-state index in [2.05, 4.69) is 15.9 Å². The Bertz CT molecular complexity index is 449. The Morgan fingerprint density at radius 2 is 2.24 bits per heavy atom. The number of carbonyl (C=O) groups excluding carboxylic acids is 1. The quantitative estimate of drug-likeness (QED) is 0.743. The molecule has 2 atom stereocenters. The zero-order chi connectivity index (χ0) is 11.8. The molecule has 0 saturated carbocycles. The average Bonchev–Trinajstić information content (AvgIpc) is 2.94. The van der Waals surface area contributed by atoms with Crippen LogP contribution in [0.25, 0.3) is 0 Å². The second-order valence-electron chi connectivity index (χ2n) is 4.57. The van der Waals surface area contributed by atoms with Crippen molar-refractivity contribution >= 4 is 21.8 Å². The summed E-state index contributed by atoms with van der Waals surface area (Å²) >= 11 is 3.56. The second-order valence-corrected chi connectivity index (χ2v) is 5.87. The monoisotopic (exact) mass is 295 g/mol. The van der Waals surface area contributed by atoms with Gasteiger partial charge in [0.2, 0.25) is 5.91 Å². The van der Waals surface area contributed by atoms with Crippen molar-refractivity contribution in [2.24, 2.45) is 0 Å². The fourth-order valence-electron chi connectivity index (χ4n) is 2.51. The van der Waals surface area contributed by atoms with Crippen molar-refractivity contribution in [3.63, 3.8) is 0 Å². The van der Waals surface area contributed by atoms with Crippen LogP contribution in [0, 0.1) is 0 Å². The van der Waals surface area contributed by atoms with Crippen LogP contribution in [0.5, 0.6) is 5.75 Å². The third kappa shape index (κ3) is 1.95. The van der Waals surface area contributed by atoms with Crippen LogP contribution in [-0.2, 0) is 4.79 Å². The fraction of sp³-hybridized carbons (Fsp3) is 0.462. The van der Waals surface area contributed by atoms with E-state index < -0.39 is 0 Å². The van der Waals surface area contributed by atoms with E-state index in [0.29, 0.717) is 11.4 Å². The molecule has 1 amide bonds. The van der Waals surface area contributed by atoms with E-state index in [1.54, 1.807) is 0 Å². The molecule has 0 radical (unpaired) electrons. The van der Waals surface area contributed by atoms with E-state index in [1.165, 1.54) is 0 Å². The molecule has 3 rings (SSSR count). The van der Waals surface area contributed by atoms with Crippen molar-refractivity contribution in [2.45, 2.75) is 17.2 Å². The van der Waals surface area contributed by atoms with Gasteiger partial charge in [-0.05, 0) is 12.5 Å². The first-order valence-electron chi connectivity index (χ1n) is 5.90. The third-order valence-corrected chi connectivity index (χ3v) is 4.19. The summed E-state index contributed by atoms with van der Waals surface area (Å²) in [5.74, 6) is 0.960. The van der Waals surface area contributed by atoms with Gasteiger partial charge in [-0.2, -0.15) is 0 Å². The molecule has 3 nitrogen and oxygen atoms in total. The van der Waals surface area contributed by atoms with Gasteiger partial charge >= 0.3 is 0 Å². The molecular weight excluding hydrogens is 282 g/mol. The molecule has 1 saturated heterocycles. The summed E-state index contributed by atoms with van der Waals surface area (Å²) < 4.78 is 5.56. The molecule has 2 heterocycles. The van der Waals surface area contributed by atoms with Gasteiger partial charge in [0.15, 0.2) is 0 Å². The lowest BCUT2D eigenvalue weighted by molar-refractivity contribution is -0.131. The lowest BCUT2D eigenvalue weighted by Gasteiger charge is -2.19. The third-order valence-electron chi connectivity index (χ3n) is 3.44. The van der Waals surface area contributed by atoms with E-state index in [-0.39, 0.29) is 11.8 Å². The number of fused-ring (bicyclic) bond motifs is 1. The normalized spacial score (nSPS) is 26.8. The summed E-state index contributed by atoms with van der Waals surface area (Å²) in [4.78, 5) is 14.8. The Morgan fingerprint density at radius 1 is 1.41 bits per heavy atom. The van der Waals surface area contributed by atoms with Gasteiger partial charge in [-0.1, -0.05) is 34.1 Å². The van der Waals surface area contributed by atoms with Crippen LogP contribution in [0.4, 0.5) is 0 Å². The molecule has 0 bridgehead atoms. The maximum absolute atomic E-state index is 12.4. The number of hydrogen-bond acceptors (Lipinski definition) is 2. The van der Waals surface area contributed by atoms with Gasteiger partial charge < -0.3 is 9.64 Å². The van der Waals surface area contributed by atoms with Crippen molar-refractivity contribution in [3.05, 3.63) is 29.8 Å². The molecule has 2 unspecified atom stereocenters. The van der Waals surface area contributed by atoms with Gasteiger partial charge in [-0.3, -0.25) is 4.79 Å². The summed E-state index contributed by atoms with van der Waals surface area (Å²) in [6.07, 6.45) is 1.04. The number of hydrogen-bond donors (Lipinski definition) is 0. The zero-order valence-electron chi connectivity index (χ0n) is 9.43. The number of rotatable bonds is 1. The molecule has 1 aromatic carbocycles. The van der Waals surface area contributed by atoms with Gasteiger partial charge in [0, 0.05) is 23.5 Å². The molecular formula is C13H14BrNO2. The summed E-state index contributed by atoms with van der Waals surface area (Å²) in [6, 6.07) is 7.83. The van der Waals surface area contributed by atoms with Crippen LogP contribution >= 0.6 is 15.9 Å². The Hall–Kier alpha value is -1.03. The SMILES string of the molecule is O=C(C1COc2ccccc21)N1CCC(Br)C1. The van der Waals surface area contributed by atoms with Crippen LogP contribution < -0.4 is 4.74 Å². The summed E-state index contributed by atoms with van der Waals surface area (Å²) in [7, 11) is 0. The van der Waals surface area contributed by atoms with Crippen LogP contribution in [0.2, 0.25) is 0 Å². The molecule has 1 aromatic rings. The Kier molecular flexibility index (Phi) is 2.82. The molecule has 0 N–H and O–H groups in total. The predicted octanol–water partition coefficient (Wildman–Crippen LogP) is 2.16.